The van der Waals surface area contributed by atoms with Crippen LogP contribution in [0.25, 0.3) is 0 Å². The minimum atomic E-state index is 0.293. The van der Waals surface area contributed by atoms with Crippen LogP contribution in [0.2, 0.25) is 0 Å². The summed E-state index contributed by atoms with van der Waals surface area (Å²) in [6.45, 7) is 6.87. The molecule has 1 saturated carbocycles. The molecule has 2 rings (SSSR count). The first-order valence-electron chi connectivity index (χ1n) is 5.70. The molecule has 0 aromatic rings. The van der Waals surface area contributed by atoms with E-state index in [9.17, 15) is 4.79 Å². The van der Waals surface area contributed by atoms with Crippen LogP contribution in [0.15, 0.2) is 0 Å². The zero-order valence-corrected chi connectivity index (χ0v) is 9.12. The monoisotopic (exact) mass is 196 g/mol. The van der Waals surface area contributed by atoms with Crippen molar-refractivity contribution in [2.75, 3.05) is 19.6 Å². The van der Waals surface area contributed by atoms with Crippen molar-refractivity contribution in [1.82, 2.24) is 10.2 Å². The maximum Gasteiger partial charge on any atom is 0.236 e. The molecule has 1 N–H and O–H groups in total. The first-order valence-corrected chi connectivity index (χ1v) is 5.70. The van der Waals surface area contributed by atoms with Gasteiger partial charge < -0.3 is 10.2 Å². The molecule has 80 valence electrons. The predicted octanol–water partition coefficient (Wildman–Crippen LogP) is 0.853. The van der Waals surface area contributed by atoms with E-state index < -0.39 is 0 Å². The second-order valence-electron chi connectivity index (χ2n) is 4.84. The minimum Gasteiger partial charge on any atom is -0.337 e. The Hall–Kier alpha value is -0.570. The number of hydrogen-bond acceptors (Lipinski definition) is 2. The van der Waals surface area contributed by atoms with E-state index in [4.69, 9.17) is 0 Å². The Bertz CT molecular complexity index is 221. The second-order valence-corrected chi connectivity index (χ2v) is 4.84. The van der Waals surface area contributed by atoms with Crippen molar-refractivity contribution in [2.45, 2.75) is 32.7 Å². The van der Waals surface area contributed by atoms with Crippen LogP contribution < -0.4 is 5.32 Å². The van der Waals surface area contributed by atoms with Gasteiger partial charge in [-0.15, -0.1) is 0 Å². The van der Waals surface area contributed by atoms with E-state index in [0.29, 0.717) is 24.4 Å². The van der Waals surface area contributed by atoms with Gasteiger partial charge in [-0.05, 0) is 24.7 Å². The van der Waals surface area contributed by atoms with Crippen molar-refractivity contribution in [3.05, 3.63) is 0 Å². The van der Waals surface area contributed by atoms with Crippen molar-refractivity contribution in [3.8, 4) is 0 Å². The molecule has 1 heterocycles. The van der Waals surface area contributed by atoms with E-state index in [1.807, 2.05) is 0 Å². The Labute approximate surface area is 85.8 Å². The molecular weight excluding hydrogens is 176 g/mol. The van der Waals surface area contributed by atoms with E-state index in [2.05, 4.69) is 24.1 Å². The highest BCUT2D eigenvalue weighted by molar-refractivity contribution is 5.79. The van der Waals surface area contributed by atoms with Crippen molar-refractivity contribution < 1.29 is 4.79 Å². The molecule has 3 nitrogen and oxygen atoms in total. The maximum atomic E-state index is 11.7. The Morgan fingerprint density at radius 3 is 2.64 bits per heavy atom. The second kappa shape index (κ2) is 3.89. The number of nitrogens with one attached hydrogen (secondary N) is 1. The normalized spacial score (nSPS) is 25.6. The summed E-state index contributed by atoms with van der Waals surface area (Å²) < 4.78 is 0. The van der Waals surface area contributed by atoms with Crippen LogP contribution in [0.5, 0.6) is 0 Å². The average Bonchev–Trinajstić information content (AvgIpc) is 2.92. The fraction of sp³-hybridized carbons (Fsp3) is 0.909. The van der Waals surface area contributed by atoms with Gasteiger partial charge in [0.2, 0.25) is 5.91 Å². The lowest BCUT2D eigenvalue weighted by Gasteiger charge is -2.37. The molecule has 0 spiro atoms. The van der Waals surface area contributed by atoms with Gasteiger partial charge in [0, 0.05) is 19.1 Å². The van der Waals surface area contributed by atoms with Gasteiger partial charge in [0.25, 0.3) is 0 Å². The largest absolute Gasteiger partial charge is 0.337 e. The van der Waals surface area contributed by atoms with Crippen LogP contribution >= 0.6 is 0 Å². The summed E-state index contributed by atoms with van der Waals surface area (Å²) >= 11 is 0. The molecule has 0 bridgehead atoms. The molecule has 0 aromatic heterocycles. The van der Waals surface area contributed by atoms with E-state index in [1.54, 1.807) is 0 Å². The number of carbonyl (C=O) groups excluding carboxylic acids is 1. The molecule has 14 heavy (non-hydrogen) atoms. The number of piperazine rings is 1. The SMILES string of the molecule is CC(C)C(C1CC1)N1CCNCC1=O. The zero-order chi connectivity index (χ0) is 10.1. The van der Waals surface area contributed by atoms with Crippen LogP contribution in [-0.4, -0.2) is 36.5 Å². The summed E-state index contributed by atoms with van der Waals surface area (Å²) in [6, 6.07) is 0.504. The lowest BCUT2D eigenvalue weighted by Crippen LogP contribution is -2.54. The smallest absolute Gasteiger partial charge is 0.236 e. The average molecular weight is 196 g/mol. The summed E-state index contributed by atoms with van der Waals surface area (Å²) in [5, 5.41) is 3.13. The molecule has 0 aromatic carbocycles. The Kier molecular flexibility index (Phi) is 2.77. The molecule has 2 fully saturated rings. The topological polar surface area (TPSA) is 32.3 Å². The van der Waals surface area contributed by atoms with Gasteiger partial charge in [0.05, 0.1) is 6.54 Å². The molecular formula is C11H20N2O. The zero-order valence-electron chi connectivity index (χ0n) is 9.12. The van der Waals surface area contributed by atoms with Crippen LogP contribution in [-0.2, 0) is 4.79 Å². The first-order chi connectivity index (χ1) is 6.70. The number of nitrogens with zero attached hydrogens (tertiary/aromatic N) is 1. The fourth-order valence-electron chi connectivity index (χ4n) is 2.53. The van der Waals surface area contributed by atoms with Crippen LogP contribution in [0, 0.1) is 11.8 Å². The molecule has 1 atom stereocenters. The third-order valence-corrected chi connectivity index (χ3v) is 3.27. The summed E-state index contributed by atoms with van der Waals surface area (Å²) in [6.07, 6.45) is 2.64. The number of rotatable bonds is 3. The van der Waals surface area contributed by atoms with E-state index >= 15 is 0 Å². The van der Waals surface area contributed by atoms with Crippen LogP contribution in [0.4, 0.5) is 0 Å². The molecule has 2 aliphatic rings. The lowest BCUT2D eigenvalue weighted by atomic mass is 9.97. The first kappa shape index (κ1) is 9.97. The third-order valence-electron chi connectivity index (χ3n) is 3.27. The van der Waals surface area contributed by atoms with Crippen molar-refractivity contribution >= 4 is 5.91 Å². The predicted molar refractivity (Wildman–Crippen MR) is 55.9 cm³/mol. The molecule has 1 saturated heterocycles. The third kappa shape index (κ3) is 1.92. The quantitative estimate of drug-likeness (QED) is 0.726. The lowest BCUT2D eigenvalue weighted by molar-refractivity contribution is -0.136. The van der Waals surface area contributed by atoms with Gasteiger partial charge in [-0.2, -0.15) is 0 Å². The van der Waals surface area contributed by atoms with Gasteiger partial charge in [-0.1, -0.05) is 13.8 Å². The van der Waals surface area contributed by atoms with E-state index in [1.165, 1.54) is 12.8 Å². The molecule has 3 heteroatoms. The molecule has 1 amide bonds. The highest BCUT2D eigenvalue weighted by atomic mass is 16.2. The maximum absolute atomic E-state index is 11.7. The summed E-state index contributed by atoms with van der Waals surface area (Å²) in [4.78, 5) is 13.8. The minimum absolute atomic E-state index is 0.293. The van der Waals surface area contributed by atoms with Crippen LogP contribution in [0.1, 0.15) is 26.7 Å². The van der Waals surface area contributed by atoms with Gasteiger partial charge in [-0.3, -0.25) is 4.79 Å². The summed E-state index contributed by atoms with van der Waals surface area (Å²) in [7, 11) is 0. The van der Waals surface area contributed by atoms with Crippen molar-refractivity contribution in [2.24, 2.45) is 11.8 Å². The van der Waals surface area contributed by atoms with Gasteiger partial charge in [-0.25, -0.2) is 0 Å². The van der Waals surface area contributed by atoms with E-state index in [-0.39, 0.29) is 0 Å². The Balaban J connectivity index is 2.04. The highest BCUT2D eigenvalue weighted by Gasteiger charge is 2.39. The summed E-state index contributed by atoms with van der Waals surface area (Å²) in [5.74, 6) is 1.68. The highest BCUT2D eigenvalue weighted by Crippen LogP contribution is 2.38. The molecule has 0 radical (unpaired) electrons. The van der Waals surface area contributed by atoms with Crippen LogP contribution in [0.3, 0.4) is 0 Å². The van der Waals surface area contributed by atoms with Gasteiger partial charge >= 0.3 is 0 Å². The van der Waals surface area contributed by atoms with Crippen molar-refractivity contribution in [3.63, 3.8) is 0 Å². The number of hydrogen-bond donors (Lipinski definition) is 1. The van der Waals surface area contributed by atoms with Crippen molar-refractivity contribution in [1.29, 1.82) is 0 Å². The fourth-order valence-corrected chi connectivity index (χ4v) is 2.53. The van der Waals surface area contributed by atoms with Gasteiger partial charge in [0.1, 0.15) is 0 Å². The van der Waals surface area contributed by atoms with E-state index in [0.717, 1.165) is 19.0 Å². The van der Waals surface area contributed by atoms with Gasteiger partial charge in [0.15, 0.2) is 0 Å². The standard InChI is InChI=1S/C11H20N2O/c1-8(2)11(9-3-4-9)13-6-5-12-7-10(13)14/h8-9,11-12H,3-7H2,1-2H3. The number of amides is 1. The molecule has 1 aliphatic heterocycles. The summed E-state index contributed by atoms with van der Waals surface area (Å²) in [5.41, 5.74) is 0. The molecule has 1 unspecified atom stereocenters. The Morgan fingerprint density at radius 2 is 2.14 bits per heavy atom. The number of carbonyl (C=O) groups is 1. The Morgan fingerprint density at radius 1 is 1.43 bits per heavy atom. The molecule has 1 aliphatic carbocycles.